The molecular weight excluding hydrogens is 517 g/mol. The largest absolute Gasteiger partial charge is 0.481 e. The second-order valence-corrected chi connectivity index (χ2v) is 8.23. The molecular formula is C20H23F3N10O5. The Morgan fingerprint density at radius 2 is 1.74 bits per heavy atom. The van der Waals surface area contributed by atoms with Gasteiger partial charge in [-0.25, -0.2) is 17.9 Å². The van der Waals surface area contributed by atoms with Gasteiger partial charge in [-0.2, -0.15) is 5.21 Å². The standard InChI is InChI=1S/C16H16F3N9O.C4H7NO4/c17-10-6-12(19)11(18)4-8(10)3-9(20)5-14(29)27-1-2-28-13(7-27)15(21-26-28)16-22-24-25-23-16;5-2(4(8)9)1-3(6)7/h4,6,9H,1-3,5,7,20H2,(H,22,23,24,25);2H,1,5H2,(H,6,7)(H,8,9)/t9-;2-/m10/s1. The van der Waals surface area contributed by atoms with Crippen LogP contribution in [0.5, 0.6) is 0 Å². The number of amides is 1. The summed E-state index contributed by atoms with van der Waals surface area (Å²) in [4.78, 5) is 33.8. The van der Waals surface area contributed by atoms with Crippen molar-refractivity contribution in [2.24, 2.45) is 11.5 Å². The number of halogens is 3. The van der Waals surface area contributed by atoms with Gasteiger partial charge in [0.25, 0.3) is 0 Å². The molecule has 7 N–H and O–H groups in total. The van der Waals surface area contributed by atoms with Crippen LogP contribution < -0.4 is 11.5 Å². The summed E-state index contributed by atoms with van der Waals surface area (Å²) in [6.45, 7) is 1.05. The Balaban J connectivity index is 0.000000383. The van der Waals surface area contributed by atoms with Crippen molar-refractivity contribution in [1.82, 2.24) is 40.5 Å². The van der Waals surface area contributed by atoms with Gasteiger partial charge in [0.15, 0.2) is 17.3 Å². The molecule has 0 aliphatic carbocycles. The molecule has 2 atom stereocenters. The van der Waals surface area contributed by atoms with E-state index in [1.165, 1.54) is 0 Å². The van der Waals surface area contributed by atoms with Crippen LogP contribution in [-0.4, -0.2) is 87.2 Å². The average Bonchev–Trinajstić information content (AvgIpc) is 3.51. The summed E-state index contributed by atoms with van der Waals surface area (Å²) in [5.41, 5.74) is 11.8. The Bertz CT molecular complexity index is 1300. The molecule has 0 fully saturated rings. The van der Waals surface area contributed by atoms with E-state index in [1.54, 1.807) is 9.58 Å². The van der Waals surface area contributed by atoms with E-state index in [-0.39, 0.29) is 36.7 Å². The number of nitrogens with one attached hydrogen (secondary N) is 1. The van der Waals surface area contributed by atoms with Gasteiger partial charge in [-0.1, -0.05) is 5.21 Å². The third kappa shape index (κ3) is 7.07. The van der Waals surface area contributed by atoms with E-state index < -0.39 is 47.9 Å². The van der Waals surface area contributed by atoms with Gasteiger partial charge in [0, 0.05) is 25.1 Å². The van der Waals surface area contributed by atoms with Crippen LogP contribution in [0, 0.1) is 17.5 Å². The molecule has 204 valence electrons. The summed E-state index contributed by atoms with van der Waals surface area (Å²) < 4.78 is 41.8. The normalized spacial score (nSPS) is 14.2. The Morgan fingerprint density at radius 1 is 1.03 bits per heavy atom. The number of rotatable bonds is 8. The summed E-state index contributed by atoms with van der Waals surface area (Å²) in [6, 6.07) is -0.819. The van der Waals surface area contributed by atoms with Crippen molar-refractivity contribution in [2.45, 2.75) is 44.4 Å². The molecule has 0 saturated heterocycles. The lowest BCUT2D eigenvalue weighted by atomic mass is 10.0. The second-order valence-electron chi connectivity index (χ2n) is 8.23. The lowest BCUT2D eigenvalue weighted by molar-refractivity contribution is -0.144. The number of hydrogen-bond donors (Lipinski definition) is 5. The van der Waals surface area contributed by atoms with Gasteiger partial charge in [-0.05, 0) is 23.3 Å². The first-order valence-corrected chi connectivity index (χ1v) is 11.0. The Labute approximate surface area is 211 Å². The highest BCUT2D eigenvalue weighted by Gasteiger charge is 2.28. The van der Waals surface area contributed by atoms with Gasteiger partial charge in [0.05, 0.1) is 25.2 Å². The van der Waals surface area contributed by atoms with Crippen molar-refractivity contribution in [3.05, 3.63) is 40.8 Å². The maximum absolute atomic E-state index is 13.8. The second kappa shape index (κ2) is 12.2. The number of fused-ring (bicyclic) bond motifs is 1. The molecule has 1 aromatic carbocycles. The molecule has 0 bridgehead atoms. The SMILES string of the molecule is N[C@@H](CC(=O)N1CCn2nnc(-c3nn[nH]n3)c2C1)Cc1cc(F)c(F)cc1F.N[C@@H](CC(=O)O)C(=O)O. The molecule has 38 heavy (non-hydrogen) atoms. The number of H-pyrrole nitrogens is 1. The molecule has 3 heterocycles. The number of aromatic amines is 1. The number of hydrogen-bond acceptors (Lipinski definition) is 10. The van der Waals surface area contributed by atoms with E-state index in [2.05, 4.69) is 30.9 Å². The maximum atomic E-state index is 13.8. The Morgan fingerprint density at radius 3 is 2.34 bits per heavy atom. The van der Waals surface area contributed by atoms with Crippen LogP contribution in [-0.2, 0) is 33.9 Å². The molecule has 4 rings (SSSR count). The molecule has 1 amide bonds. The van der Waals surface area contributed by atoms with Gasteiger partial charge in [0.1, 0.15) is 11.9 Å². The van der Waals surface area contributed by atoms with Crippen molar-refractivity contribution in [3.8, 4) is 11.5 Å². The molecule has 15 nitrogen and oxygen atoms in total. The quantitative estimate of drug-likeness (QED) is 0.218. The highest BCUT2D eigenvalue weighted by atomic mass is 19.2. The number of carboxylic acid groups (broad SMARTS) is 2. The zero-order valence-electron chi connectivity index (χ0n) is 19.6. The first-order valence-electron chi connectivity index (χ1n) is 11.0. The number of carbonyl (C=O) groups excluding carboxylic acids is 1. The molecule has 18 heteroatoms. The van der Waals surface area contributed by atoms with E-state index in [0.717, 1.165) is 6.07 Å². The number of carboxylic acids is 2. The molecule has 0 saturated carbocycles. The van der Waals surface area contributed by atoms with Crippen LogP contribution in [0.25, 0.3) is 11.5 Å². The summed E-state index contributed by atoms with van der Waals surface area (Å²) in [5.74, 6) is -5.82. The van der Waals surface area contributed by atoms with Crippen LogP contribution >= 0.6 is 0 Å². The number of aromatic nitrogens is 7. The van der Waals surface area contributed by atoms with E-state index in [9.17, 15) is 27.6 Å². The number of aliphatic carboxylic acids is 2. The van der Waals surface area contributed by atoms with Crippen molar-refractivity contribution in [1.29, 1.82) is 0 Å². The van der Waals surface area contributed by atoms with Crippen LogP contribution in [0.4, 0.5) is 13.2 Å². The minimum Gasteiger partial charge on any atom is -0.481 e. The topological polar surface area (TPSA) is 232 Å². The minimum atomic E-state index is -1.29. The zero-order chi connectivity index (χ0) is 28.0. The predicted molar refractivity (Wildman–Crippen MR) is 119 cm³/mol. The highest BCUT2D eigenvalue weighted by molar-refractivity contribution is 5.80. The van der Waals surface area contributed by atoms with E-state index in [4.69, 9.17) is 21.7 Å². The number of tetrazole rings is 1. The van der Waals surface area contributed by atoms with E-state index in [1.807, 2.05) is 0 Å². The molecule has 1 aliphatic heterocycles. The third-order valence-electron chi connectivity index (χ3n) is 5.39. The number of carbonyl (C=O) groups is 3. The van der Waals surface area contributed by atoms with Crippen molar-refractivity contribution in [2.75, 3.05) is 6.54 Å². The predicted octanol–water partition coefficient (Wildman–Crippen LogP) is -0.949. The molecule has 2 aromatic heterocycles. The molecule has 1 aliphatic rings. The summed E-state index contributed by atoms with van der Waals surface area (Å²) in [6.07, 6.45) is -0.719. The third-order valence-corrected chi connectivity index (χ3v) is 5.39. The average molecular weight is 540 g/mol. The molecule has 3 aromatic rings. The molecule has 0 radical (unpaired) electrons. The number of nitrogens with zero attached hydrogens (tertiary/aromatic N) is 7. The van der Waals surface area contributed by atoms with Gasteiger partial charge >= 0.3 is 11.9 Å². The first-order chi connectivity index (χ1) is 18.0. The zero-order valence-corrected chi connectivity index (χ0v) is 19.6. The van der Waals surface area contributed by atoms with E-state index >= 15 is 0 Å². The Kier molecular flexibility index (Phi) is 9.02. The van der Waals surface area contributed by atoms with Crippen molar-refractivity contribution < 1.29 is 37.8 Å². The van der Waals surface area contributed by atoms with Crippen LogP contribution in [0.1, 0.15) is 24.1 Å². The fourth-order valence-corrected chi connectivity index (χ4v) is 3.50. The number of nitrogens with two attached hydrogens (primary N) is 2. The fourth-order valence-electron chi connectivity index (χ4n) is 3.50. The monoisotopic (exact) mass is 540 g/mol. The lowest BCUT2D eigenvalue weighted by Gasteiger charge is -2.28. The Hall–Kier alpha value is -4.45. The molecule has 0 unspecified atom stereocenters. The van der Waals surface area contributed by atoms with Gasteiger partial charge in [-0.3, -0.25) is 14.4 Å². The fraction of sp³-hybridized carbons (Fsp3) is 0.400. The first kappa shape index (κ1) is 28.1. The summed E-state index contributed by atoms with van der Waals surface area (Å²) >= 11 is 0. The van der Waals surface area contributed by atoms with Crippen LogP contribution in [0.2, 0.25) is 0 Å². The van der Waals surface area contributed by atoms with E-state index in [0.29, 0.717) is 30.5 Å². The van der Waals surface area contributed by atoms with Crippen molar-refractivity contribution in [3.63, 3.8) is 0 Å². The summed E-state index contributed by atoms with van der Waals surface area (Å²) in [5, 5.41) is 37.7. The van der Waals surface area contributed by atoms with Crippen molar-refractivity contribution >= 4 is 17.8 Å². The van der Waals surface area contributed by atoms with Crippen LogP contribution in [0.3, 0.4) is 0 Å². The number of benzene rings is 1. The van der Waals surface area contributed by atoms with Gasteiger partial charge in [-0.15, -0.1) is 15.3 Å². The van der Waals surface area contributed by atoms with Gasteiger partial charge in [0.2, 0.25) is 11.7 Å². The lowest BCUT2D eigenvalue weighted by Crippen LogP contribution is -2.41. The summed E-state index contributed by atoms with van der Waals surface area (Å²) in [7, 11) is 0. The highest BCUT2D eigenvalue weighted by Crippen LogP contribution is 2.22. The smallest absolute Gasteiger partial charge is 0.321 e. The maximum Gasteiger partial charge on any atom is 0.321 e. The molecule has 0 spiro atoms. The minimum absolute atomic E-state index is 0.0792. The van der Waals surface area contributed by atoms with Gasteiger partial charge < -0.3 is 26.6 Å². The van der Waals surface area contributed by atoms with Crippen LogP contribution in [0.15, 0.2) is 12.1 Å².